The molecule has 0 aromatic carbocycles. The van der Waals surface area contributed by atoms with Crippen molar-refractivity contribution < 1.29 is 4.79 Å². The number of nitrogens with two attached hydrogens (primary N) is 1. The topological polar surface area (TPSA) is 46.3 Å². The molecule has 2 rings (SSSR count). The van der Waals surface area contributed by atoms with Crippen molar-refractivity contribution in [3.8, 4) is 0 Å². The molecule has 2 heterocycles. The number of amides is 1. The Morgan fingerprint density at radius 1 is 1.65 bits per heavy atom. The Hall–Kier alpha value is -0.870. The molecule has 1 aliphatic heterocycles. The number of rotatable bonds is 2. The van der Waals surface area contributed by atoms with E-state index in [0.717, 1.165) is 6.42 Å². The normalized spacial score (nSPS) is 23.1. The summed E-state index contributed by atoms with van der Waals surface area (Å²) in [4.78, 5) is 15.4. The maximum absolute atomic E-state index is 12.3. The first-order valence-corrected chi connectivity index (χ1v) is 6.87. The van der Waals surface area contributed by atoms with E-state index in [0.29, 0.717) is 13.0 Å². The Bertz CT molecular complexity index is 425. The van der Waals surface area contributed by atoms with Gasteiger partial charge in [-0.3, -0.25) is 4.79 Å². The first-order chi connectivity index (χ1) is 7.90. The van der Waals surface area contributed by atoms with E-state index in [4.69, 9.17) is 5.73 Å². The van der Waals surface area contributed by atoms with Crippen molar-refractivity contribution in [1.29, 1.82) is 0 Å². The molecular weight excluding hydrogens is 232 g/mol. The summed E-state index contributed by atoms with van der Waals surface area (Å²) in [5, 5.41) is 2.04. The van der Waals surface area contributed by atoms with Gasteiger partial charge in [-0.25, -0.2) is 0 Å². The summed E-state index contributed by atoms with van der Waals surface area (Å²) < 4.78 is 0. The smallest absolute Gasteiger partial charge is 0.228 e. The predicted molar refractivity (Wildman–Crippen MR) is 71.1 cm³/mol. The number of likely N-dealkylation sites (tertiary alicyclic amines) is 1. The van der Waals surface area contributed by atoms with Crippen molar-refractivity contribution in [3.63, 3.8) is 0 Å². The lowest BCUT2D eigenvalue weighted by Crippen LogP contribution is -2.43. The molecule has 1 atom stereocenters. The Balaban J connectivity index is 2.09. The van der Waals surface area contributed by atoms with E-state index in [1.54, 1.807) is 11.3 Å². The first-order valence-electron chi connectivity index (χ1n) is 5.99. The second-order valence-electron chi connectivity index (χ2n) is 5.48. The predicted octanol–water partition coefficient (Wildman–Crippen LogP) is 1.94. The van der Waals surface area contributed by atoms with Crippen molar-refractivity contribution in [3.05, 3.63) is 21.9 Å². The Morgan fingerprint density at radius 2 is 2.35 bits per heavy atom. The summed E-state index contributed by atoms with van der Waals surface area (Å²) in [6, 6.07) is 2.19. The van der Waals surface area contributed by atoms with E-state index in [2.05, 4.69) is 26.8 Å². The highest BCUT2D eigenvalue weighted by Crippen LogP contribution is 2.29. The van der Waals surface area contributed by atoms with Gasteiger partial charge < -0.3 is 10.6 Å². The molecule has 1 aromatic heterocycles. The third kappa shape index (κ3) is 2.53. The summed E-state index contributed by atoms with van der Waals surface area (Å²) in [6.07, 6.45) is 1.40. The number of nitrogens with zero attached hydrogens (tertiary/aromatic N) is 1. The van der Waals surface area contributed by atoms with Crippen LogP contribution in [0, 0.1) is 6.92 Å². The molecule has 0 aliphatic carbocycles. The minimum Gasteiger partial charge on any atom is -0.336 e. The van der Waals surface area contributed by atoms with Gasteiger partial charge in [-0.1, -0.05) is 0 Å². The van der Waals surface area contributed by atoms with Gasteiger partial charge in [0.15, 0.2) is 0 Å². The minimum absolute atomic E-state index is 0.0956. The highest BCUT2D eigenvalue weighted by atomic mass is 32.1. The molecule has 0 saturated carbocycles. The fourth-order valence-electron chi connectivity index (χ4n) is 2.56. The van der Waals surface area contributed by atoms with Gasteiger partial charge >= 0.3 is 0 Å². The molecule has 94 valence electrons. The lowest BCUT2D eigenvalue weighted by atomic mass is 10.0. The van der Waals surface area contributed by atoms with Crippen LogP contribution in [0.1, 0.15) is 30.7 Å². The number of carbonyl (C=O) groups excluding carboxylic acids is 1. The van der Waals surface area contributed by atoms with Crippen LogP contribution in [0.4, 0.5) is 0 Å². The molecule has 1 aromatic rings. The van der Waals surface area contributed by atoms with Crippen LogP contribution in [-0.2, 0) is 11.2 Å². The minimum atomic E-state index is -0.0956. The summed E-state index contributed by atoms with van der Waals surface area (Å²) in [5.74, 6) is 0.202. The number of aryl methyl sites for hydroxylation is 1. The van der Waals surface area contributed by atoms with Gasteiger partial charge in [0.05, 0.1) is 6.42 Å². The fourth-order valence-corrected chi connectivity index (χ4v) is 3.45. The SMILES string of the molecule is Cc1ccsc1CC(=O)N1CC(N)CC1(C)C. The number of hydrogen-bond acceptors (Lipinski definition) is 3. The average molecular weight is 252 g/mol. The van der Waals surface area contributed by atoms with Gasteiger partial charge in [0, 0.05) is 23.0 Å². The van der Waals surface area contributed by atoms with Crippen molar-refractivity contribution in [2.24, 2.45) is 5.73 Å². The Labute approximate surface area is 107 Å². The van der Waals surface area contributed by atoms with E-state index >= 15 is 0 Å². The summed E-state index contributed by atoms with van der Waals surface area (Å²) in [7, 11) is 0. The highest BCUT2D eigenvalue weighted by molar-refractivity contribution is 7.10. The zero-order valence-electron chi connectivity index (χ0n) is 10.7. The quantitative estimate of drug-likeness (QED) is 0.874. The van der Waals surface area contributed by atoms with Crippen LogP contribution < -0.4 is 5.73 Å². The van der Waals surface area contributed by atoms with Crippen LogP contribution in [0.2, 0.25) is 0 Å². The number of carbonyl (C=O) groups is 1. The van der Waals surface area contributed by atoms with Crippen molar-refractivity contribution in [1.82, 2.24) is 4.90 Å². The van der Waals surface area contributed by atoms with E-state index in [1.807, 2.05) is 10.3 Å². The molecule has 0 radical (unpaired) electrons. The van der Waals surface area contributed by atoms with Crippen LogP contribution in [0.3, 0.4) is 0 Å². The molecule has 2 N–H and O–H groups in total. The molecule has 1 aliphatic rings. The van der Waals surface area contributed by atoms with E-state index in [-0.39, 0.29) is 17.5 Å². The molecule has 17 heavy (non-hydrogen) atoms. The average Bonchev–Trinajstić information content (AvgIpc) is 2.70. The summed E-state index contributed by atoms with van der Waals surface area (Å²) in [6.45, 7) is 6.94. The zero-order chi connectivity index (χ0) is 12.6. The van der Waals surface area contributed by atoms with Crippen LogP contribution >= 0.6 is 11.3 Å². The van der Waals surface area contributed by atoms with Gasteiger partial charge in [0.2, 0.25) is 5.91 Å². The van der Waals surface area contributed by atoms with Gasteiger partial charge in [-0.2, -0.15) is 0 Å². The van der Waals surface area contributed by atoms with Crippen LogP contribution in [0.25, 0.3) is 0 Å². The molecule has 1 saturated heterocycles. The van der Waals surface area contributed by atoms with E-state index < -0.39 is 0 Å². The van der Waals surface area contributed by atoms with Gasteiger partial charge in [-0.15, -0.1) is 11.3 Å². The second-order valence-corrected chi connectivity index (χ2v) is 6.49. The molecule has 0 bridgehead atoms. The number of thiophene rings is 1. The highest BCUT2D eigenvalue weighted by Gasteiger charge is 2.39. The van der Waals surface area contributed by atoms with Crippen LogP contribution in [0.15, 0.2) is 11.4 Å². The van der Waals surface area contributed by atoms with Gasteiger partial charge in [0.1, 0.15) is 0 Å². The monoisotopic (exact) mass is 252 g/mol. The Morgan fingerprint density at radius 3 is 2.82 bits per heavy atom. The number of hydrogen-bond donors (Lipinski definition) is 1. The maximum atomic E-state index is 12.3. The lowest BCUT2D eigenvalue weighted by Gasteiger charge is -2.31. The molecule has 0 spiro atoms. The van der Waals surface area contributed by atoms with Gasteiger partial charge in [0.25, 0.3) is 0 Å². The van der Waals surface area contributed by atoms with Crippen molar-refractivity contribution in [2.45, 2.75) is 45.2 Å². The summed E-state index contributed by atoms with van der Waals surface area (Å²) >= 11 is 1.66. The third-order valence-corrected chi connectivity index (χ3v) is 4.51. The third-order valence-electron chi connectivity index (χ3n) is 3.49. The van der Waals surface area contributed by atoms with Gasteiger partial charge in [-0.05, 0) is 44.2 Å². The van der Waals surface area contributed by atoms with Crippen molar-refractivity contribution in [2.75, 3.05) is 6.54 Å². The maximum Gasteiger partial charge on any atom is 0.228 e. The Kier molecular flexibility index (Phi) is 3.27. The van der Waals surface area contributed by atoms with E-state index in [1.165, 1.54) is 10.4 Å². The second kappa shape index (κ2) is 4.42. The zero-order valence-corrected chi connectivity index (χ0v) is 11.5. The van der Waals surface area contributed by atoms with Crippen LogP contribution in [0.5, 0.6) is 0 Å². The lowest BCUT2D eigenvalue weighted by molar-refractivity contribution is -0.133. The molecule has 3 nitrogen and oxygen atoms in total. The van der Waals surface area contributed by atoms with E-state index in [9.17, 15) is 4.79 Å². The fraction of sp³-hybridized carbons (Fsp3) is 0.615. The molecular formula is C13H20N2OS. The van der Waals surface area contributed by atoms with Crippen LogP contribution in [-0.4, -0.2) is 28.9 Å². The standard InChI is InChI=1S/C13H20N2OS/c1-9-4-5-17-11(9)6-12(16)15-8-10(14)7-13(15,2)3/h4-5,10H,6-8,14H2,1-3H3. The van der Waals surface area contributed by atoms with Crippen molar-refractivity contribution >= 4 is 17.2 Å². The molecule has 1 amide bonds. The summed E-state index contributed by atoms with van der Waals surface area (Å²) in [5.41, 5.74) is 7.07. The largest absolute Gasteiger partial charge is 0.336 e. The molecule has 1 fully saturated rings. The first kappa shape index (κ1) is 12.6. The molecule has 4 heteroatoms. The molecule has 1 unspecified atom stereocenters.